The molecule has 3 aliphatic heterocycles. The molecular weight excluding hydrogens is 418 g/mol. The van der Waals surface area contributed by atoms with Crippen molar-refractivity contribution in [2.24, 2.45) is 10.3 Å². The summed E-state index contributed by atoms with van der Waals surface area (Å²) in [5, 5.41) is 3.12. The van der Waals surface area contributed by atoms with Crippen LogP contribution in [-0.4, -0.2) is 64.0 Å². The van der Waals surface area contributed by atoms with Gasteiger partial charge in [-0.05, 0) is 57.1 Å². The lowest BCUT2D eigenvalue weighted by atomic mass is 9.85. The molecule has 0 saturated carbocycles. The number of nitrogens with zero attached hydrogens (tertiary/aromatic N) is 2. The van der Waals surface area contributed by atoms with Crippen molar-refractivity contribution in [3.8, 4) is 0 Å². The van der Waals surface area contributed by atoms with Gasteiger partial charge in [0, 0.05) is 43.2 Å². The minimum absolute atomic E-state index is 0.00651. The summed E-state index contributed by atoms with van der Waals surface area (Å²) in [6.45, 7) is 3.50. The Bertz CT molecular complexity index is 936. The lowest BCUT2D eigenvalue weighted by Gasteiger charge is -2.44. The highest BCUT2D eigenvalue weighted by Crippen LogP contribution is 2.36. The Morgan fingerprint density at radius 2 is 2.06 bits per heavy atom. The second-order valence-electron chi connectivity index (χ2n) is 8.91. The summed E-state index contributed by atoms with van der Waals surface area (Å²) in [7, 11) is -2.56. The van der Waals surface area contributed by atoms with E-state index in [1.54, 1.807) is 12.4 Å². The minimum Gasteiger partial charge on any atom is -0.381 e. The number of aryl methyl sites for hydroxylation is 1. The number of carbonyl (C=O) groups excluding carboxylic acids is 2. The van der Waals surface area contributed by atoms with E-state index in [0.29, 0.717) is 56.2 Å². The fourth-order valence-electron chi connectivity index (χ4n) is 4.65. The molecule has 2 unspecified atom stereocenters. The van der Waals surface area contributed by atoms with Gasteiger partial charge in [-0.3, -0.25) is 14.6 Å². The van der Waals surface area contributed by atoms with Crippen LogP contribution in [0.1, 0.15) is 54.4 Å². The third-order valence-corrected chi connectivity index (χ3v) is 8.83. The van der Waals surface area contributed by atoms with Gasteiger partial charge in [0.05, 0.1) is 33.4 Å². The molecule has 1 spiro atoms. The molecule has 2 amide bonds. The van der Waals surface area contributed by atoms with Crippen molar-refractivity contribution in [2.45, 2.75) is 57.1 Å². The maximum atomic E-state index is 13.2. The molecule has 31 heavy (non-hydrogen) atoms. The summed E-state index contributed by atoms with van der Waals surface area (Å²) in [5.74, 6) is 0.0535. The molecule has 0 aliphatic carbocycles. The molecule has 0 bridgehead atoms. The molecule has 170 valence electrons. The zero-order chi connectivity index (χ0) is 21.9. The Hall–Kier alpha value is -1.84. The second-order valence-corrected chi connectivity index (χ2v) is 11.5. The topological polar surface area (TPSA) is 107 Å². The first kappa shape index (κ1) is 22.4. The van der Waals surface area contributed by atoms with E-state index in [1.165, 1.54) is 0 Å². The van der Waals surface area contributed by atoms with Crippen LogP contribution >= 0.6 is 0 Å². The Morgan fingerprint density at radius 1 is 1.26 bits per heavy atom. The fourth-order valence-corrected chi connectivity index (χ4v) is 6.89. The highest BCUT2D eigenvalue weighted by Gasteiger charge is 2.42. The number of rotatable bonds is 3. The lowest BCUT2D eigenvalue weighted by Crippen LogP contribution is -2.52. The number of hydrogen-bond acceptors (Lipinski definition) is 6. The predicted octanol–water partition coefficient (Wildman–Crippen LogP) is 2.25. The Balaban J connectivity index is 1.37. The molecule has 3 saturated heterocycles. The summed E-state index contributed by atoms with van der Waals surface area (Å²) in [6.07, 6.45) is 7.45. The van der Waals surface area contributed by atoms with Gasteiger partial charge in [-0.25, -0.2) is 4.21 Å². The highest BCUT2D eigenvalue weighted by molar-refractivity contribution is 7.93. The maximum absolute atomic E-state index is 13.2. The monoisotopic (exact) mass is 449 g/mol. The molecule has 3 aliphatic rings. The van der Waals surface area contributed by atoms with Crippen molar-refractivity contribution >= 4 is 21.5 Å². The quantitative estimate of drug-likeness (QED) is 0.759. The summed E-state index contributed by atoms with van der Waals surface area (Å²) in [5.41, 5.74) is 1.06. The summed E-state index contributed by atoms with van der Waals surface area (Å²) >= 11 is 0. The number of ether oxygens (including phenoxy) is 2. The van der Waals surface area contributed by atoms with E-state index in [2.05, 4.69) is 14.7 Å². The van der Waals surface area contributed by atoms with Crippen LogP contribution in [0, 0.1) is 12.8 Å². The van der Waals surface area contributed by atoms with Crippen LogP contribution in [0.5, 0.6) is 0 Å². The molecule has 8 nitrogen and oxygen atoms in total. The second kappa shape index (κ2) is 9.34. The van der Waals surface area contributed by atoms with Crippen molar-refractivity contribution in [3.05, 3.63) is 29.6 Å². The number of carbonyl (C=O) groups is 2. The average Bonchev–Trinajstić information content (AvgIpc) is 2.77. The highest BCUT2D eigenvalue weighted by atomic mass is 32.2. The Morgan fingerprint density at radius 3 is 2.77 bits per heavy atom. The molecule has 4 rings (SSSR count). The third kappa shape index (κ3) is 5.32. The minimum atomic E-state index is -2.56. The number of hydrogen-bond donors (Lipinski definition) is 1. The van der Waals surface area contributed by atoms with E-state index in [0.717, 1.165) is 24.8 Å². The van der Waals surface area contributed by atoms with Crippen LogP contribution in [0.15, 0.2) is 22.8 Å². The molecule has 1 aromatic rings. The van der Waals surface area contributed by atoms with Crippen molar-refractivity contribution in [1.82, 2.24) is 10.3 Å². The fraction of sp³-hybridized carbons (Fsp3) is 0.682. The zero-order valence-electron chi connectivity index (χ0n) is 18.0. The first-order valence-electron chi connectivity index (χ1n) is 11.1. The molecule has 1 aromatic heterocycles. The summed E-state index contributed by atoms with van der Waals surface area (Å²) in [6, 6.07) is 1.82. The molecule has 3 fully saturated rings. The normalized spacial score (nSPS) is 33.6. The van der Waals surface area contributed by atoms with Gasteiger partial charge in [0.25, 0.3) is 11.8 Å². The van der Waals surface area contributed by atoms with Gasteiger partial charge in [0.2, 0.25) is 0 Å². The van der Waals surface area contributed by atoms with Crippen molar-refractivity contribution in [3.63, 3.8) is 0 Å². The van der Waals surface area contributed by atoms with Crippen molar-refractivity contribution in [2.75, 3.05) is 31.3 Å². The molecule has 0 aromatic carbocycles. The zero-order valence-corrected chi connectivity index (χ0v) is 18.8. The molecule has 1 N–H and O–H groups in total. The number of aromatic nitrogens is 1. The largest absolute Gasteiger partial charge is 0.381 e. The van der Waals surface area contributed by atoms with E-state index in [4.69, 9.17) is 9.47 Å². The Labute approximate surface area is 183 Å². The third-order valence-electron chi connectivity index (χ3n) is 6.63. The van der Waals surface area contributed by atoms with E-state index >= 15 is 0 Å². The smallest absolute Gasteiger partial charge is 0.259 e. The number of pyridine rings is 1. The van der Waals surface area contributed by atoms with Crippen LogP contribution in [0.3, 0.4) is 0 Å². The first-order chi connectivity index (χ1) is 14.9. The molecule has 2 atom stereocenters. The predicted molar refractivity (Wildman–Crippen MR) is 116 cm³/mol. The van der Waals surface area contributed by atoms with Gasteiger partial charge in [-0.15, -0.1) is 0 Å². The van der Waals surface area contributed by atoms with Crippen LogP contribution in [0.2, 0.25) is 0 Å². The van der Waals surface area contributed by atoms with Crippen molar-refractivity contribution in [1.29, 1.82) is 0 Å². The number of amides is 2. The van der Waals surface area contributed by atoms with Gasteiger partial charge in [-0.1, -0.05) is 0 Å². The molecule has 0 radical (unpaired) electrons. The van der Waals surface area contributed by atoms with E-state index in [1.807, 2.05) is 13.0 Å². The standard InChI is InChI=1S/C22H31N3O5S/c1-16-4-8-23-14-19(16)21(27)24-18-5-10-30-22(13-18)6-11-31(28,12-7-22)25-20(26)17-3-2-9-29-15-17/h4,8,14,17-18H,2-3,5-7,9-13,15H2,1H3,(H,24,27). The van der Waals surface area contributed by atoms with Crippen LogP contribution in [-0.2, 0) is 24.0 Å². The van der Waals surface area contributed by atoms with E-state index < -0.39 is 15.3 Å². The maximum Gasteiger partial charge on any atom is 0.259 e. The van der Waals surface area contributed by atoms with Crippen molar-refractivity contribution < 1.29 is 23.3 Å². The molecule has 4 heterocycles. The SMILES string of the molecule is Cc1ccncc1C(=O)NC1CCOC2(CCS(=O)(=NC(=O)C3CCCOC3)CC2)C1. The van der Waals surface area contributed by atoms with Gasteiger partial charge in [0.15, 0.2) is 0 Å². The van der Waals surface area contributed by atoms with Gasteiger partial charge >= 0.3 is 0 Å². The van der Waals surface area contributed by atoms with Crippen LogP contribution in [0.25, 0.3) is 0 Å². The van der Waals surface area contributed by atoms with Gasteiger partial charge in [-0.2, -0.15) is 4.36 Å². The van der Waals surface area contributed by atoms with Crippen LogP contribution < -0.4 is 5.32 Å². The summed E-state index contributed by atoms with van der Waals surface area (Å²) in [4.78, 5) is 29.2. The molecule has 9 heteroatoms. The Kier molecular flexibility index (Phi) is 6.74. The summed E-state index contributed by atoms with van der Waals surface area (Å²) < 4.78 is 28.9. The van der Waals surface area contributed by atoms with Gasteiger partial charge < -0.3 is 14.8 Å². The van der Waals surface area contributed by atoms with Gasteiger partial charge in [0.1, 0.15) is 0 Å². The number of nitrogens with one attached hydrogen (secondary N) is 1. The first-order valence-corrected chi connectivity index (χ1v) is 12.9. The molecular formula is C22H31N3O5S. The van der Waals surface area contributed by atoms with E-state index in [-0.39, 0.29) is 23.8 Å². The van der Waals surface area contributed by atoms with Crippen LogP contribution in [0.4, 0.5) is 0 Å². The average molecular weight is 450 g/mol. The van der Waals surface area contributed by atoms with E-state index in [9.17, 15) is 13.8 Å². The lowest BCUT2D eigenvalue weighted by molar-refractivity contribution is -0.125.